The van der Waals surface area contributed by atoms with Crippen molar-refractivity contribution in [1.29, 1.82) is 0 Å². The summed E-state index contributed by atoms with van der Waals surface area (Å²) in [6, 6.07) is 4.30. The summed E-state index contributed by atoms with van der Waals surface area (Å²) >= 11 is 5.81. The molecule has 1 aromatic carbocycles. The van der Waals surface area contributed by atoms with Crippen molar-refractivity contribution in [2.75, 3.05) is 33.2 Å². The van der Waals surface area contributed by atoms with Crippen molar-refractivity contribution in [1.82, 2.24) is 15.1 Å². The SMILES string of the molecule is CN(C(=O)CN1CC2(CC(CNC(=O)c3cc(F)cc(Cl)c3)C2)C1)C1CCCC1. The minimum atomic E-state index is -0.507. The van der Waals surface area contributed by atoms with E-state index >= 15 is 0 Å². The Hall–Kier alpha value is -1.66. The molecule has 1 aliphatic heterocycles. The second-order valence-corrected chi connectivity index (χ2v) is 9.67. The smallest absolute Gasteiger partial charge is 0.251 e. The molecule has 0 radical (unpaired) electrons. The number of likely N-dealkylation sites (tertiary alicyclic amines) is 1. The minimum absolute atomic E-state index is 0.223. The van der Waals surface area contributed by atoms with Crippen LogP contribution in [0.4, 0.5) is 4.39 Å². The summed E-state index contributed by atoms with van der Waals surface area (Å²) in [6.45, 7) is 3.07. The maximum absolute atomic E-state index is 13.4. The second kappa shape index (κ2) is 8.23. The minimum Gasteiger partial charge on any atom is -0.352 e. The van der Waals surface area contributed by atoms with Gasteiger partial charge in [-0.1, -0.05) is 24.4 Å². The first-order chi connectivity index (χ1) is 13.8. The molecule has 0 bridgehead atoms. The number of hydrogen-bond acceptors (Lipinski definition) is 3. The average Bonchev–Trinajstić information content (AvgIpc) is 3.14. The predicted molar refractivity (Wildman–Crippen MR) is 110 cm³/mol. The zero-order valence-electron chi connectivity index (χ0n) is 16.9. The van der Waals surface area contributed by atoms with Gasteiger partial charge in [0.05, 0.1) is 6.54 Å². The van der Waals surface area contributed by atoms with Gasteiger partial charge in [0.25, 0.3) is 5.91 Å². The van der Waals surface area contributed by atoms with Crippen LogP contribution in [0.15, 0.2) is 18.2 Å². The quantitative estimate of drug-likeness (QED) is 0.766. The van der Waals surface area contributed by atoms with Gasteiger partial charge in [-0.05, 0) is 55.2 Å². The molecule has 4 rings (SSSR count). The standard InChI is InChI=1S/C22H29ClFN3O2/c1-26(19-4-2-3-5-19)20(28)12-27-13-22(14-27)9-15(10-22)11-25-21(29)16-6-17(23)8-18(24)7-16/h6-8,15,19H,2-5,9-14H2,1H3,(H,25,29). The number of hydrogen-bond donors (Lipinski definition) is 1. The van der Waals surface area contributed by atoms with Gasteiger partial charge < -0.3 is 10.2 Å². The lowest BCUT2D eigenvalue weighted by atomic mass is 9.57. The molecule has 3 aliphatic rings. The van der Waals surface area contributed by atoms with Gasteiger partial charge in [-0.25, -0.2) is 4.39 Å². The van der Waals surface area contributed by atoms with E-state index in [1.54, 1.807) is 0 Å². The summed E-state index contributed by atoms with van der Waals surface area (Å²) in [7, 11) is 1.95. The molecule has 0 atom stereocenters. The summed E-state index contributed by atoms with van der Waals surface area (Å²) in [5.41, 5.74) is 0.577. The number of carbonyl (C=O) groups excluding carboxylic acids is 2. The molecule has 2 aliphatic carbocycles. The third kappa shape index (κ3) is 4.58. The molecule has 1 spiro atoms. The molecule has 3 fully saturated rings. The fraction of sp³-hybridized carbons (Fsp3) is 0.636. The van der Waals surface area contributed by atoms with E-state index in [9.17, 15) is 14.0 Å². The molecule has 2 saturated carbocycles. The number of amides is 2. The van der Waals surface area contributed by atoms with Crippen LogP contribution in [-0.4, -0.2) is 60.9 Å². The van der Waals surface area contributed by atoms with Gasteiger partial charge in [-0.2, -0.15) is 0 Å². The van der Waals surface area contributed by atoms with Crippen molar-refractivity contribution in [2.45, 2.75) is 44.6 Å². The number of nitrogens with one attached hydrogen (secondary N) is 1. The van der Waals surface area contributed by atoms with E-state index in [0.29, 0.717) is 30.5 Å². The van der Waals surface area contributed by atoms with E-state index in [1.165, 1.54) is 31.0 Å². The Kier molecular flexibility index (Phi) is 5.85. The van der Waals surface area contributed by atoms with E-state index in [4.69, 9.17) is 11.6 Å². The van der Waals surface area contributed by atoms with E-state index in [1.807, 2.05) is 11.9 Å². The molecule has 29 heavy (non-hydrogen) atoms. The monoisotopic (exact) mass is 421 g/mol. The van der Waals surface area contributed by atoms with Crippen LogP contribution in [0, 0.1) is 17.2 Å². The van der Waals surface area contributed by atoms with Crippen LogP contribution in [0.2, 0.25) is 5.02 Å². The highest BCUT2D eigenvalue weighted by Gasteiger charge is 2.52. The molecule has 1 saturated heterocycles. The zero-order chi connectivity index (χ0) is 20.6. The van der Waals surface area contributed by atoms with Crippen molar-refractivity contribution >= 4 is 23.4 Å². The lowest BCUT2D eigenvalue weighted by Crippen LogP contribution is -2.64. The molecule has 1 N–H and O–H groups in total. The Labute approximate surface area is 176 Å². The lowest BCUT2D eigenvalue weighted by Gasteiger charge is -2.59. The third-order valence-electron chi connectivity index (χ3n) is 6.86. The van der Waals surface area contributed by atoms with Crippen molar-refractivity contribution in [3.63, 3.8) is 0 Å². The van der Waals surface area contributed by atoms with E-state index in [-0.39, 0.29) is 22.4 Å². The van der Waals surface area contributed by atoms with Gasteiger partial charge >= 0.3 is 0 Å². The molecule has 0 unspecified atom stereocenters. The number of carbonyl (C=O) groups is 2. The van der Waals surface area contributed by atoms with E-state index < -0.39 is 5.82 Å². The van der Waals surface area contributed by atoms with Crippen LogP contribution in [-0.2, 0) is 4.79 Å². The highest BCUT2D eigenvalue weighted by Crippen LogP contribution is 2.51. The molecular weight excluding hydrogens is 393 g/mol. The molecule has 0 aromatic heterocycles. The van der Waals surface area contributed by atoms with Crippen LogP contribution in [0.3, 0.4) is 0 Å². The largest absolute Gasteiger partial charge is 0.352 e. The van der Waals surface area contributed by atoms with Gasteiger partial charge in [0.15, 0.2) is 0 Å². The topological polar surface area (TPSA) is 52.7 Å². The molecule has 158 valence electrons. The first kappa shape index (κ1) is 20.6. The highest BCUT2D eigenvalue weighted by atomic mass is 35.5. The van der Waals surface area contributed by atoms with Gasteiger partial charge in [-0.15, -0.1) is 0 Å². The molecule has 2 amide bonds. The van der Waals surface area contributed by atoms with Gasteiger partial charge in [0.2, 0.25) is 5.91 Å². The zero-order valence-corrected chi connectivity index (χ0v) is 17.7. The van der Waals surface area contributed by atoms with Crippen molar-refractivity contribution in [2.24, 2.45) is 11.3 Å². The Morgan fingerprint density at radius 2 is 1.93 bits per heavy atom. The van der Waals surface area contributed by atoms with Crippen LogP contribution in [0.5, 0.6) is 0 Å². The van der Waals surface area contributed by atoms with Crippen LogP contribution < -0.4 is 5.32 Å². The molecule has 1 aromatic rings. The Bertz CT molecular complexity index is 762. The lowest BCUT2D eigenvalue weighted by molar-refractivity contribution is -0.142. The summed E-state index contributed by atoms with van der Waals surface area (Å²) in [5, 5.41) is 3.11. The number of likely N-dealkylation sites (N-methyl/N-ethyl adjacent to an activating group) is 1. The summed E-state index contributed by atoms with van der Waals surface area (Å²) in [4.78, 5) is 28.9. The fourth-order valence-electron chi connectivity index (χ4n) is 5.40. The molecule has 1 heterocycles. The number of halogens is 2. The summed E-state index contributed by atoms with van der Waals surface area (Å²) in [6.07, 6.45) is 6.89. The maximum atomic E-state index is 13.4. The Morgan fingerprint density at radius 3 is 2.59 bits per heavy atom. The van der Waals surface area contributed by atoms with E-state index in [0.717, 1.165) is 38.8 Å². The second-order valence-electron chi connectivity index (χ2n) is 9.23. The van der Waals surface area contributed by atoms with Crippen LogP contribution in [0.1, 0.15) is 48.9 Å². The molecular formula is C22H29ClFN3O2. The average molecular weight is 422 g/mol. The predicted octanol–water partition coefficient (Wildman–Crippen LogP) is 3.32. The molecule has 5 nitrogen and oxygen atoms in total. The highest BCUT2D eigenvalue weighted by molar-refractivity contribution is 6.31. The first-order valence-electron chi connectivity index (χ1n) is 10.6. The van der Waals surface area contributed by atoms with E-state index in [2.05, 4.69) is 10.2 Å². The van der Waals surface area contributed by atoms with Crippen molar-refractivity contribution < 1.29 is 14.0 Å². The summed E-state index contributed by atoms with van der Waals surface area (Å²) in [5.74, 6) is -0.110. The first-order valence-corrected chi connectivity index (χ1v) is 10.9. The fourth-order valence-corrected chi connectivity index (χ4v) is 5.63. The van der Waals surface area contributed by atoms with Gasteiger partial charge in [0.1, 0.15) is 5.82 Å². The van der Waals surface area contributed by atoms with Gasteiger partial charge in [-0.3, -0.25) is 14.5 Å². The number of rotatable bonds is 6. The van der Waals surface area contributed by atoms with Crippen LogP contribution >= 0.6 is 11.6 Å². The Balaban J connectivity index is 1.15. The number of nitrogens with zero attached hydrogens (tertiary/aromatic N) is 2. The maximum Gasteiger partial charge on any atom is 0.251 e. The van der Waals surface area contributed by atoms with Crippen LogP contribution in [0.25, 0.3) is 0 Å². The normalized spacial score (nSPS) is 21.6. The molecule has 7 heteroatoms. The van der Waals surface area contributed by atoms with Crippen molar-refractivity contribution in [3.8, 4) is 0 Å². The van der Waals surface area contributed by atoms with Crippen molar-refractivity contribution in [3.05, 3.63) is 34.6 Å². The Morgan fingerprint density at radius 1 is 1.24 bits per heavy atom. The number of benzene rings is 1. The van der Waals surface area contributed by atoms with Gasteiger partial charge in [0, 0.05) is 43.3 Å². The summed E-state index contributed by atoms with van der Waals surface area (Å²) < 4.78 is 13.4. The third-order valence-corrected chi connectivity index (χ3v) is 7.08.